The molecule has 0 bridgehead atoms. The van der Waals surface area contributed by atoms with Crippen LogP contribution in [0.1, 0.15) is 24.8 Å². The molecule has 1 aromatic carbocycles. The van der Waals surface area contributed by atoms with Gasteiger partial charge in [0.1, 0.15) is 0 Å². The molecule has 1 heterocycles. The molecule has 0 aliphatic carbocycles. The number of carbonyl (C=O) groups excluding carboxylic acids is 1. The number of carbonyl (C=O) groups is 2. The minimum absolute atomic E-state index is 0.0349. The summed E-state index contributed by atoms with van der Waals surface area (Å²) in [5.41, 5.74) is 0.991. The quantitative estimate of drug-likeness (QED) is 0.827. The molecule has 1 aliphatic heterocycles. The molecule has 5 nitrogen and oxygen atoms in total. The summed E-state index contributed by atoms with van der Waals surface area (Å²) in [5.74, 6) is -1.98. The van der Waals surface area contributed by atoms with E-state index in [0.29, 0.717) is 19.6 Å². The predicted molar refractivity (Wildman–Crippen MR) is 73.0 cm³/mol. The van der Waals surface area contributed by atoms with Crippen LogP contribution in [0.15, 0.2) is 30.3 Å². The highest BCUT2D eigenvalue weighted by Gasteiger charge is 2.33. The normalized spacial score (nSPS) is 19.5. The molecule has 1 aliphatic rings. The van der Waals surface area contributed by atoms with Crippen molar-refractivity contribution in [2.24, 2.45) is 5.92 Å². The smallest absolute Gasteiger partial charge is 0.309 e. The van der Waals surface area contributed by atoms with E-state index in [4.69, 9.17) is 4.74 Å². The molecule has 2 atom stereocenters. The number of hydrogen-bond acceptors (Lipinski definition) is 3. The molecule has 0 spiro atoms. The lowest BCUT2D eigenvalue weighted by atomic mass is 9.96. The van der Waals surface area contributed by atoms with E-state index in [2.05, 4.69) is 5.32 Å². The van der Waals surface area contributed by atoms with Crippen molar-refractivity contribution in [3.05, 3.63) is 35.9 Å². The van der Waals surface area contributed by atoms with E-state index in [1.54, 1.807) is 0 Å². The largest absolute Gasteiger partial charge is 0.481 e. The molecule has 1 aromatic rings. The van der Waals surface area contributed by atoms with Crippen LogP contribution in [0.3, 0.4) is 0 Å². The second kappa shape index (κ2) is 7.05. The number of ether oxygens (including phenoxy) is 1. The first-order valence-electron chi connectivity index (χ1n) is 6.82. The van der Waals surface area contributed by atoms with Gasteiger partial charge in [-0.2, -0.15) is 0 Å². The fraction of sp³-hybridized carbons (Fsp3) is 0.467. The molecule has 0 saturated carbocycles. The summed E-state index contributed by atoms with van der Waals surface area (Å²) in [5, 5.41) is 12.0. The number of amides is 1. The Morgan fingerprint density at radius 2 is 2.10 bits per heavy atom. The Balaban J connectivity index is 1.84. The van der Waals surface area contributed by atoms with Crippen LogP contribution in [0.4, 0.5) is 0 Å². The van der Waals surface area contributed by atoms with Crippen molar-refractivity contribution in [3.8, 4) is 0 Å². The Hall–Kier alpha value is -1.88. The zero-order valence-corrected chi connectivity index (χ0v) is 11.2. The number of aliphatic carboxylic acids is 1. The number of carboxylic acid groups (broad SMARTS) is 1. The monoisotopic (exact) mass is 277 g/mol. The van der Waals surface area contributed by atoms with Gasteiger partial charge in [0.15, 0.2) is 0 Å². The topological polar surface area (TPSA) is 75.6 Å². The predicted octanol–water partition coefficient (Wildman–Crippen LogP) is 1.57. The van der Waals surface area contributed by atoms with Crippen LogP contribution in [0, 0.1) is 5.92 Å². The van der Waals surface area contributed by atoms with Crippen molar-refractivity contribution in [1.82, 2.24) is 5.32 Å². The standard InChI is InChI=1S/C15H19NO4/c17-14(16-10-11-5-2-1-3-6-11)9-12(15(18)19)13-7-4-8-20-13/h1-3,5-6,12-13H,4,7-10H2,(H,16,17)(H,18,19)/t12-,13+/m1/s1. The summed E-state index contributed by atoms with van der Waals surface area (Å²) >= 11 is 0. The van der Waals surface area contributed by atoms with E-state index in [-0.39, 0.29) is 18.4 Å². The zero-order valence-electron chi connectivity index (χ0n) is 11.2. The highest BCUT2D eigenvalue weighted by atomic mass is 16.5. The van der Waals surface area contributed by atoms with Gasteiger partial charge in [-0.15, -0.1) is 0 Å². The Morgan fingerprint density at radius 3 is 2.70 bits per heavy atom. The zero-order chi connectivity index (χ0) is 14.4. The Kier molecular flexibility index (Phi) is 5.12. The summed E-state index contributed by atoms with van der Waals surface area (Å²) in [6, 6.07) is 9.52. The van der Waals surface area contributed by atoms with Crippen LogP contribution in [-0.4, -0.2) is 29.7 Å². The highest BCUT2D eigenvalue weighted by Crippen LogP contribution is 2.23. The molecule has 2 rings (SSSR count). The molecule has 0 radical (unpaired) electrons. The first-order valence-corrected chi connectivity index (χ1v) is 6.82. The van der Waals surface area contributed by atoms with Gasteiger partial charge in [0.25, 0.3) is 0 Å². The van der Waals surface area contributed by atoms with Gasteiger partial charge in [0.2, 0.25) is 5.91 Å². The van der Waals surface area contributed by atoms with Crippen molar-refractivity contribution < 1.29 is 19.4 Å². The van der Waals surface area contributed by atoms with Crippen molar-refractivity contribution in [2.45, 2.75) is 31.9 Å². The van der Waals surface area contributed by atoms with Crippen molar-refractivity contribution >= 4 is 11.9 Å². The van der Waals surface area contributed by atoms with Gasteiger partial charge in [-0.1, -0.05) is 30.3 Å². The van der Waals surface area contributed by atoms with Crippen LogP contribution in [0.5, 0.6) is 0 Å². The summed E-state index contributed by atoms with van der Waals surface area (Å²) in [6.07, 6.45) is 1.20. The lowest BCUT2D eigenvalue weighted by Crippen LogP contribution is -2.34. The van der Waals surface area contributed by atoms with Crippen LogP contribution in [0.2, 0.25) is 0 Å². The van der Waals surface area contributed by atoms with Gasteiger partial charge in [-0.25, -0.2) is 0 Å². The fourth-order valence-corrected chi connectivity index (χ4v) is 2.37. The first kappa shape index (κ1) is 14.5. The molecule has 108 valence electrons. The van der Waals surface area contributed by atoms with Gasteiger partial charge in [-0.05, 0) is 18.4 Å². The van der Waals surface area contributed by atoms with Crippen molar-refractivity contribution in [3.63, 3.8) is 0 Å². The lowest BCUT2D eigenvalue weighted by Gasteiger charge is -2.18. The lowest BCUT2D eigenvalue weighted by molar-refractivity contribution is -0.148. The van der Waals surface area contributed by atoms with E-state index < -0.39 is 11.9 Å². The fourth-order valence-electron chi connectivity index (χ4n) is 2.37. The maximum atomic E-state index is 11.9. The van der Waals surface area contributed by atoms with Crippen LogP contribution in [-0.2, 0) is 20.9 Å². The average Bonchev–Trinajstić information content (AvgIpc) is 2.97. The van der Waals surface area contributed by atoms with Gasteiger partial charge in [0.05, 0.1) is 12.0 Å². The Bertz CT molecular complexity index is 454. The molecule has 1 fully saturated rings. The molecule has 1 amide bonds. The molecule has 1 saturated heterocycles. The summed E-state index contributed by atoms with van der Waals surface area (Å²) < 4.78 is 5.38. The third kappa shape index (κ3) is 4.06. The van der Waals surface area contributed by atoms with Crippen LogP contribution in [0.25, 0.3) is 0 Å². The third-order valence-electron chi connectivity index (χ3n) is 3.47. The van der Waals surface area contributed by atoms with Crippen LogP contribution >= 0.6 is 0 Å². The third-order valence-corrected chi connectivity index (χ3v) is 3.47. The van der Waals surface area contributed by atoms with E-state index in [1.807, 2.05) is 30.3 Å². The number of hydrogen-bond donors (Lipinski definition) is 2. The molecule has 5 heteroatoms. The maximum Gasteiger partial charge on any atom is 0.309 e. The summed E-state index contributed by atoms with van der Waals surface area (Å²) in [6.45, 7) is 0.998. The number of carboxylic acids is 1. The average molecular weight is 277 g/mol. The SMILES string of the molecule is O=C(C[C@@H](C(=O)O)[C@@H]1CCCO1)NCc1ccccc1. The summed E-state index contributed by atoms with van der Waals surface area (Å²) in [4.78, 5) is 23.1. The van der Waals surface area contributed by atoms with Gasteiger partial charge in [-0.3, -0.25) is 9.59 Å². The van der Waals surface area contributed by atoms with Gasteiger partial charge < -0.3 is 15.2 Å². The first-order chi connectivity index (χ1) is 9.66. The minimum Gasteiger partial charge on any atom is -0.481 e. The van der Waals surface area contributed by atoms with E-state index in [1.165, 1.54) is 0 Å². The molecule has 20 heavy (non-hydrogen) atoms. The van der Waals surface area contributed by atoms with Gasteiger partial charge in [0, 0.05) is 19.6 Å². The van der Waals surface area contributed by atoms with Crippen molar-refractivity contribution in [1.29, 1.82) is 0 Å². The maximum absolute atomic E-state index is 11.9. The number of rotatable bonds is 6. The van der Waals surface area contributed by atoms with E-state index in [0.717, 1.165) is 12.0 Å². The Labute approximate surface area is 117 Å². The highest BCUT2D eigenvalue weighted by molar-refractivity contribution is 5.82. The van der Waals surface area contributed by atoms with E-state index in [9.17, 15) is 14.7 Å². The molecule has 2 N–H and O–H groups in total. The molecular weight excluding hydrogens is 258 g/mol. The van der Waals surface area contributed by atoms with E-state index >= 15 is 0 Å². The van der Waals surface area contributed by atoms with Gasteiger partial charge >= 0.3 is 5.97 Å². The van der Waals surface area contributed by atoms with Crippen LogP contribution < -0.4 is 5.32 Å². The second-order valence-electron chi connectivity index (χ2n) is 4.96. The number of benzene rings is 1. The summed E-state index contributed by atoms with van der Waals surface area (Å²) in [7, 11) is 0. The second-order valence-corrected chi connectivity index (χ2v) is 4.96. The molecule has 0 unspecified atom stereocenters. The van der Waals surface area contributed by atoms with Crippen molar-refractivity contribution in [2.75, 3.05) is 6.61 Å². The molecular formula is C15H19NO4. The number of nitrogens with one attached hydrogen (secondary N) is 1. The minimum atomic E-state index is -0.966. The Morgan fingerprint density at radius 1 is 1.35 bits per heavy atom. The molecule has 0 aromatic heterocycles.